The molecule has 0 atom stereocenters. The number of likely N-dealkylation sites (N-methyl/N-ethyl adjacent to an activating group) is 4. The Bertz CT molecular complexity index is 3280. The lowest BCUT2D eigenvalue weighted by Crippen LogP contribution is -2.32. The van der Waals surface area contributed by atoms with Gasteiger partial charge in [0.25, 0.3) is 0 Å². The Labute approximate surface area is 444 Å². The first-order valence-electron chi connectivity index (χ1n) is 25.4. The number of hydrogen-bond donors (Lipinski definition) is 4. The summed E-state index contributed by atoms with van der Waals surface area (Å²) in [5, 5.41) is 13.9. The van der Waals surface area contributed by atoms with Gasteiger partial charge in [0.05, 0.1) is 65.4 Å². The lowest BCUT2D eigenvalue weighted by atomic mass is 10.1. The highest BCUT2D eigenvalue weighted by atomic mass is 16.5. The third-order valence-corrected chi connectivity index (χ3v) is 14.0. The molecule has 9 rings (SSSR count). The van der Waals surface area contributed by atoms with Crippen LogP contribution in [-0.4, -0.2) is 139 Å². The Morgan fingerprint density at radius 1 is 0.697 bits per heavy atom. The van der Waals surface area contributed by atoms with Crippen LogP contribution >= 0.6 is 0 Å². The van der Waals surface area contributed by atoms with E-state index < -0.39 is 0 Å². The van der Waals surface area contributed by atoms with E-state index in [9.17, 15) is 9.59 Å². The molecule has 1 saturated heterocycles. The number of hydrogen-bond acceptors (Lipinski definition) is 16. The third-order valence-electron chi connectivity index (χ3n) is 14.0. The van der Waals surface area contributed by atoms with Gasteiger partial charge in [-0.15, -0.1) is 0 Å². The van der Waals surface area contributed by atoms with Crippen molar-refractivity contribution in [2.24, 2.45) is 7.05 Å². The summed E-state index contributed by atoms with van der Waals surface area (Å²) >= 11 is 0. The summed E-state index contributed by atoms with van der Waals surface area (Å²) in [4.78, 5) is 61.1. The Balaban J connectivity index is 0.961. The molecule has 0 radical (unpaired) electrons. The number of rotatable bonds is 22. The molecule has 0 unspecified atom stereocenters. The summed E-state index contributed by atoms with van der Waals surface area (Å²) in [6, 6.07) is 21.8. The molecule has 0 bridgehead atoms. The predicted molar refractivity (Wildman–Crippen MR) is 305 cm³/mol. The molecule has 6 heterocycles. The average molecular weight is 1030 g/mol. The molecule has 3 aromatic carbocycles. The van der Waals surface area contributed by atoms with Gasteiger partial charge in [-0.05, 0) is 106 Å². The zero-order chi connectivity index (χ0) is 53.5. The number of methoxy groups -OCH3 is 2. The molecular weight excluding hydrogens is 959 g/mol. The van der Waals surface area contributed by atoms with Gasteiger partial charge in [-0.1, -0.05) is 19.2 Å². The second-order valence-electron chi connectivity index (χ2n) is 19.3. The summed E-state index contributed by atoms with van der Waals surface area (Å²) in [6.45, 7) is 13.8. The summed E-state index contributed by atoms with van der Waals surface area (Å²) in [6.07, 6.45) is 11.4. The summed E-state index contributed by atoms with van der Waals surface area (Å²) in [7, 11) is 13.3. The van der Waals surface area contributed by atoms with E-state index in [1.54, 1.807) is 20.4 Å². The van der Waals surface area contributed by atoms with Crippen molar-refractivity contribution in [1.29, 1.82) is 0 Å². The summed E-state index contributed by atoms with van der Waals surface area (Å²) < 4.78 is 14.0. The minimum absolute atomic E-state index is 0.328. The molecular formula is C57H67N15O4. The number of carbonyl (C=O) groups excluding carboxylic acids is 2. The first-order valence-corrected chi connectivity index (χ1v) is 25.4. The molecule has 0 aliphatic carbocycles. The average Bonchev–Trinajstić information content (AvgIpc) is 4.20. The fraction of sp³-hybridized carbons (Fsp3) is 0.316. The number of anilines is 9. The van der Waals surface area contributed by atoms with Gasteiger partial charge >= 0.3 is 0 Å². The summed E-state index contributed by atoms with van der Waals surface area (Å²) in [5.41, 5.74) is 10.1. The van der Waals surface area contributed by atoms with E-state index in [-0.39, 0.29) is 11.8 Å². The quantitative estimate of drug-likeness (QED) is 0.0475. The van der Waals surface area contributed by atoms with Gasteiger partial charge in [0.15, 0.2) is 0 Å². The van der Waals surface area contributed by atoms with Crippen molar-refractivity contribution < 1.29 is 19.1 Å². The molecule has 19 heteroatoms. The molecule has 4 aromatic heterocycles. The highest BCUT2D eigenvalue weighted by Gasteiger charge is 2.23. The Kier molecular flexibility index (Phi) is 16.1. The van der Waals surface area contributed by atoms with Crippen LogP contribution in [0.2, 0.25) is 0 Å². The second-order valence-corrected chi connectivity index (χ2v) is 19.3. The van der Waals surface area contributed by atoms with Crippen LogP contribution in [0.25, 0.3) is 33.4 Å². The minimum Gasteiger partial charge on any atom is -0.494 e. The highest BCUT2D eigenvalue weighted by molar-refractivity contribution is 6.03. The molecule has 19 nitrogen and oxygen atoms in total. The molecule has 76 heavy (non-hydrogen) atoms. The maximum Gasteiger partial charge on any atom is 0.247 e. The number of carbonyl (C=O) groups is 2. The van der Waals surface area contributed by atoms with Crippen LogP contribution < -0.4 is 45.4 Å². The van der Waals surface area contributed by atoms with Crippen LogP contribution in [0, 0.1) is 0 Å². The zero-order valence-electron chi connectivity index (χ0n) is 44.5. The zero-order valence-corrected chi connectivity index (χ0v) is 44.5. The van der Waals surface area contributed by atoms with Gasteiger partial charge < -0.3 is 54.9 Å². The van der Waals surface area contributed by atoms with Crippen molar-refractivity contribution in [3.05, 3.63) is 122 Å². The predicted octanol–water partition coefficient (Wildman–Crippen LogP) is 8.33. The van der Waals surface area contributed by atoms with Crippen molar-refractivity contribution in [3.63, 3.8) is 0 Å². The number of pyridine rings is 1. The maximum absolute atomic E-state index is 12.9. The lowest BCUT2D eigenvalue weighted by Gasteiger charge is -2.27. The Hall–Kier alpha value is -8.55. The fourth-order valence-corrected chi connectivity index (χ4v) is 9.69. The van der Waals surface area contributed by atoms with Crippen LogP contribution in [0.4, 0.5) is 51.8 Å². The van der Waals surface area contributed by atoms with E-state index >= 15 is 0 Å². The molecule has 1 fully saturated rings. The third kappa shape index (κ3) is 12.0. The Morgan fingerprint density at radius 2 is 1.36 bits per heavy atom. The number of nitrogens with one attached hydrogen (secondary N) is 4. The van der Waals surface area contributed by atoms with Crippen LogP contribution in [0.15, 0.2) is 111 Å². The number of fused-ring (bicyclic) bond motifs is 2. The monoisotopic (exact) mass is 1030 g/mol. The molecule has 7 aromatic rings. The van der Waals surface area contributed by atoms with Crippen molar-refractivity contribution in [2.45, 2.75) is 25.8 Å². The van der Waals surface area contributed by atoms with E-state index in [0.717, 1.165) is 95.3 Å². The van der Waals surface area contributed by atoms with Gasteiger partial charge in [0.2, 0.25) is 23.7 Å². The number of amides is 2. The number of aromatic nitrogens is 6. The number of nitrogens with zero attached hydrogens (tertiary/aromatic N) is 11. The molecule has 2 aliphatic rings. The van der Waals surface area contributed by atoms with E-state index in [2.05, 4.69) is 99.8 Å². The van der Waals surface area contributed by atoms with Crippen LogP contribution in [0.5, 0.6) is 11.5 Å². The highest BCUT2D eigenvalue weighted by Crippen LogP contribution is 2.40. The first-order chi connectivity index (χ1) is 36.8. The largest absolute Gasteiger partial charge is 0.494 e. The standard InChI is InChI=1S/C57H67N15O4/c1-10-53(73)61-44-31-46(65-56-58-19-16-42(63-56)37-14-15-48-38(28-37)17-22-68(48)4)51(75-8)33-49(44)69(5)25-24-67(3)36-41-30-43(40-29-39-18-23-71(7)55(39)59-35-40)64-57(60-41)66-47-32-45(62-54(74)11-2)50(34-52(47)76-9)70(6)26-27-72-20-12-13-21-72/h10-11,14-17,19,22,28-35H,1-2,12-13,18,20-21,23-27,36H2,3-9H3,(H,61,73)(H,62,74)(H,58,63,65)(H,60,64,66). The Morgan fingerprint density at radius 3 is 2.03 bits per heavy atom. The van der Waals surface area contributed by atoms with Crippen molar-refractivity contribution in [3.8, 4) is 34.0 Å². The van der Waals surface area contributed by atoms with Gasteiger partial charge in [-0.3, -0.25) is 14.5 Å². The maximum atomic E-state index is 12.9. The normalized spacial score (nSPS) is 13.1. The van der Waals surface area contributed by atoms with E-state index in [1.807, 2.05) is 83.0 Å². The van der Waals surface area contributed by atoms with Crippen LogP contribution in [0.3, 0.4) is 0 Å². The van der Waals surface area contributed by atoms with Gasteiger partial charge in [-0.25, -0.2) is 24.9 Å². The molecule has 2 amide bonds. The number of ether oxygens (including phenoxy) is 2. The van der Waals surface area contributed by atoms with Crippen LogP contribution in [0.1, 0.15) is 24.1 Å². The minimum atomic E-state index is -0.362. The topological polar surface area (TPSA) is 186 Å². The smallest absolute Gasteiger partial charge is 0.247 e. The van der Waals surface area contributed by atoms with Crippen LogP contribution in [-0.2, 0) is 29.6 Å². The number of benzene rings is 3. The lowest BCUT2D eigenvalue weighted by molar-refractivity contribution is -0.112. The van der Waals surface area contributed by atoms with Crippen molar-refractivity contribution in [1.82, 2.24) is 39.3 Å². The second kappa shape index (κ2) is 23.3. The van der Waals surface area contributed by atoms with Gasteiger partial charge in [0, 0.05) is 120 Å². The first kappa shape index (κ1) is 52.3. The van der Waals surface area contributed by atoms with E-state index in [0.29, 0.717) is 71.5 Å². The number of aryl methyl sites for hydroxylation is 1. The molecule has 0 saturated carbocycles. The molecule has 4 N–H and O–H groups in total. The van der Waals surface area contributed by atoms with E-state index in [1.165, 1.54) is 25.0 Å². The molecule has 0 spiro atoms. The molecule has 2 aliphatic heterocycles. The fourth-order valence-electron chi connectivity index (χ4n) is 9.69. The van der Waals surface area contributed by atoms with Gasteiger partial charge in [0.1, 0.15) is 17.3 Å². The van der Waals surface area contributed by atoms with Crippen molar-refractivity contribution in [2.75, 3.05) is 124 Å². The van der Waals surface area contributed by atoms with Gasteiger partial charge in [-0.2, -0.15) is 0 Å². The molecule has 394 valence electrons. The van der Waals surface area contributed by atoms with Crippen molar-refractivity contribution >= 4 is 74.6 Å². The number of likely N-dealkylation sites (tertiary alicyclic amines) is 1. The SMILES string of the molecule is C=CC(=O)Nc1cc(Nc2nccc(-c3ccc4c(ccn4C)c3)n2)c(OC)cc1N(C)CCN(C)Cc1cc(-c2cnc3c(c2)CCN3C)nc(Nc2cc(NC(=O)C=C)c(N(C)CCN3CCCC3)cc2OC)n1. The summed E-state index contributed by atoms with van der Waals surface area (Å²) in [5.74, 6) is 2.07. The van der Waals surface area contributed by atoms with E-state index in [4.69, 9.17) is 29.4 Å².